The summed E-state index contributed by atoms with van der Waals surface area (Å²) >= 11 is 0. The Labute approximate surface area is 154 Å². The molecule has 0 spiro atoms. The summed E-state index contributed by atoms with van der Waals surface area (Å²) in [7, 11) is 0. The van der Waals surface area contributed by atoms with Crippen LogP contribution in [0.15, 0.2) is 0 Å². The lowest BCUT2D eigenvalue weighted by molar-refractivity contribution is -0.148. The third-order valence-corrected chi connectivity index (χ3v) is 5.07. The molecule has 0 aliphatic carbocycles. The SMILES string of the molecule is CCCCCCCCCCCCOC(=O)C1CC(=O)N(CCCC)C1. The van der Waals surface area contributed by atoms with Gasteiger partial charge in [0.15, 0.2) is 0 Å². The van der Waals surface area contributed by atoms with Crippen LogP contribution < -0.4 is 0 Å². The van der Waals surface area contributed by atoms with Crippen molar-refractivity contribution in [3.63, 3.8) is 0 Å². The van der Waals surface area contributed by atoms with E-state index >= 15 is 0 Å². The van der Waals surface area contributed by atoms with E-state index in [1.54, 1.807) is 0 Å². The second-order valence-electron chi connectivity index (χ2n) is 7.44. The highest BCUT2D eigenvalue weighted by molar-refractivity contribution is 5.86. The number of unbranched alkanes of at least 4 members (excludes halogenated alkanes) is 10. The lowest BCUT2D eigenvalue weighted by Gasteiger charge is -2.15. The van der Waals surface area contributed by atoms with Gasteiger partial charge in [-0.15, -0.1) is 0 Å². The third-order valence-electron chi connectivity index (χ3n) is 5.07. The zero-order valence-corrected chi connectivity index (χ0v) is 16.6. The van der Waals surface area contributed by atoms with Crippen LogP contribution in [0, 0.1) is 5.92 Å². The van der Waals surface area contributed by atoms with Crippen molar-refractivity contribution in [3.05, 3.63) is 0 Å². The molecule has 0 N–H and O–H groups in total. The van der Waals surface area contributed by atoms with E-state index in [-0.39, 0.29) is 17.8 Å². The molecule has 1 fully saturated rings. The monoisotopic (exact) mass is 353 g/mol. The minimum Gasteiger partial charge on any atom is -0.465 e. The molecule has 1 unspecified atom stereocenters. The smallest absolute Gasteiger partial charge is 0.311 e. The van der Waals surface area contributed by atoms with E-state index in [0.717, 1.165) is 32.2 Å². The summed E-state index contributed by atoms with van der Waals surface area (Å²) in [4.78, 5) is 25.8. The van der Waals surface area contributed by atoms with Crippen molar-refractivity contribution in [2.45, 2.75) is 97.3 Å². The normalized spacial score (nSPS) is 17.3. The summed E-state index contributed by atoms with van der Waals surface area (Å²) in [5.41, 5.74) is 0. The Hall–Kier alpha value is -1.06. The Morgan fingerprint density at radius 1 is 0.920 bits per heavy atom. The van der Waals surface area contributed by atoms with Crippen LogP contribution in [-0.4, -0.2) is 36.5 Å². The van der Waals surface area contributed by atoms with Crippen LogP contribution in [0.25, 0.3) is 0 Å². The van der Waals surface area contributed by atoms with Gasteiger partial charge in [-0.3, -0.25) is 9.59 Å². The minimum atomic E-state index is -0.243. The number of carbonyl (C=O) groups is 2. The van der Waals surface area contributed by atoms with Crippen LogP contribution in [-0.2, 0) is 14.3 Å². The van der Waals surface area contributed by atoms with E-state index in [4.69, 9.17) is 4.74 Å². The largest absolute Gasteiger partial charge is 0.465 e. The van der Waals surface area contributed by atoms with Crippen LogP contribution >= 0.6 is 0 Å². The molecule has 25 heavy (non-hydrogen) atoms. The van der Waals surface area contributed by atoms with Gasteiger partial charge in [-0.05, 0) is 12.8 Å². The first-order valence-corrected chi connectivity index (χ1v) is 10.6. The maximum Gasteiger partial charge on any atom is 0.311 e. The number of carbonyl (C=O) groups excluding carboxylic acids is 2. The van der Waals surface area contributed by atoms with E-state index in [9.17, 15) is 9.59 Å². The molecule has 1 saturated heterocycles. The van der Waals surface area contributed by atoms with Crippen LogP contribution in [0.1, 0.15) is 97.3 Å². The molecule has 4 heteroatoms. The Morgan fingerprint density at radius 3 is 2.08 bits per heavy atom. The summed E-state index contributed by atoms with van der Waals surface area (Å²) in [5, 5.41) is 0. The van der Waals surface area contributed by atoms with Crippen LogP contribution in [0.2, 0.25) is 0 Å². The number of hydrogen-bond donors (Lipinski definition) is 0. The lowest BCUT2D eigenvalue weighted by atomic mass is 10.1. The molecule has 0 radical (unpaired) electrons. The van der Waals surface area contributed by atoms with Crippen LogP contribution in [0.5, 0.6) is 0 Å². The fourth-order valence-electron chi connectivity index (χ4n) is 3.38. The Morgan fingerprint density at radius 2 is 1.48 bits per heavy atom. The van der Waals surface area contributed by atoms with Crippen LogP contribution in [0.3, 0.4) is 0 Å². The molecule has 1 amide bonds. The molecule has 0 aromatic carbocycles. The van der Waals surface area contributed by atoms with Crippen molar-refractivity contribution in [3.8, 4) is 0 Å². The molecule has 0 aromatic rings. The van der Waals surface area contributed by atoms with Gasteiger partial charge in [-0.25, -0.2) is 0 Å². The Kier molecular flexibility index (Phi) is 12.4. The van der Waals surface area contributed by atoms with Gasteiger partial charge < -0.3 is 9.64 Å². The summed E-state index contributed by atoms with van der Waals surface area (Å²) in [6.45, 7) is 6.20. The lowest BCUT2D eigenvalue weighted by Crippen LogP contribution is -2.27. The summed E-state index contributed by atoms with van der Waals surface area (Å²) in [5.74, 6) is -0.315. The number of esters is 1. The first-order chi connectivity index (χ1) is 12.2. The van der Waals surface area contributed by atoms with Gasteiger partial charge >= 0.3 is 5.97 Å². The standard InChI is InChI=1S/C21H39NO3/c1-3-5-7-8-9-10-11-12-13-14-16-25-21(24)19-17-20(23)22(18-19)15-6-4-2/h19H,3-18H2,1-2H3. The van der Waals surface area contributed by atoms with E-state index in [1.807, 2.05) is 4.90 Å². The average Bonchev–Trinajstić information content (AvgIpc) is 2.98. The van der Waals surface area contributed by atoms with Crippen molar-refractivity contribution >= 4 is 11.9 Å². The second-order valence-corrected chi connectivity index (χ2v) is 7.44. The first kappa shape index (κ1) is 22.0. The fraction of sp³-hybridized carbons (Fsp3) is 0.905. The molecule has 1 rings (SSSR count). The summed E-state index contributed by atoms with van der Waals surface area (Å²) in [6.07, 6.45) is 15.1. The predicted octanol–water partition coefficient (Wildman–Crippen LogP) is 5.10. The highest BCUT2D eigenvalue weighted by atomic mass is 16.5. The van der Waals surface area contributed by atoms with Gasteiger partial charge in [0.05, 0.1) is 12.5 Å². The van der Waals surface area contributed by atoms with Gasteiger partial charge in [-0.2, -0.15) is 0 Å². The Bertz CT molecular complexity index is 370. The van der Waals surface area contributed by atoms with Gasteiger partial charge in [-0.1, -0.05) is 78.1 Å². The average molecular weight is 354 g/mol. The zero-order valence-electron chi connectivity index (χ0n) is 16.6. The van der Waals surface area contributed by atoms with Crippen LogP contribution in [0.4, 0.5) is 0 Å². The highest BCUT2D eigenvalue weighted by Crippen LogP contribution is 2.20. The number of likely N-dealkylation sites (tertiary alicyclic amines) is 1. The van der Waals surface area contributed by atoms with Gasteiger partial charge in [0.25, 0.3) is 0 Å². The molecule has 1 atom stereocenters. The molecule has 0 bridgehead atoms. The van der Waals surface area contributed by atoms with Crippen molar-refractivity contribution in [1.82, 2.24) is 4.90 Å². The van der Waals surface area contributed by atoms with Gasteiger partial charge in [0.1, 0.15) is 0 Å². The number of nitrogens with zero attached hydrogens (tertiary/aromatic N) is 1. The topological polar surface area (TPSA) is 46.6 Å². The molecule has 1 aliphatic heterocycles. The van der Waals surface area contributed by atoms with Gasteiger partial charge in [0.2, 0.25) is 5.91 Å². The zero-order chi connectivity index (χ0) is 18.3. The number of ether oxygens (including phenoxy) is 1. The molecular formula is C21H39NO3. The maximum absolute atomic E-state index is 12.1. The molecular weight excluding hydrogens is 314 g/mol. The van der Waals surface area contributed by atoms with E-state index in [2.05, 4.69) is 13.8 Å². The maximum atomic E-state index is 12.1. The fourth-order valence-corrected chi connectivity index (χ4v) is 3.38. The van der Waals surface area contributed by atoms with Gasteiger partial charge in [0, 0.05) is 19.5 Å². The Balaban J connectivity index is 1.96. The van der Waals surface area contributed by atoms with E-state index in [1.165, 1.54) is 51.4 Å². The first-order valence-electron chi connectivity index (χ1n) is 10.6. The number of hydrogen-bond acceptors (Lipinski definition) is 3. The highest BCUT2D eigenvalue weighted by Gasteiger charge is 2.34. The third kappa shape index (κ3) is 9.86. The second kappa shape index (κ2) is 14.1. The van der Waals surface area contributed by atoms with E-state index < -0.39 is 0 Å². The molecule has 1 heterocycles. The van der Waals surface area contributed by atoms with Crippen molar-refractivity contribution < 1.29 is 14.3 Å². The predicted molar refractivity (Wildman–Crippen MR) is 102 cm³/mol. The molecule has 0 saturated carbocycles. The molecule has 1 aliphatic rings. The number of rotatable bonds is 15. The molecule has 4 nitrogen and oxygen atoms in total. The summed E-state index contributed by atoms with van der Waals surface area (Å²) < 4.78 is 5.38. The van der Waals surface area contributed by atoms with Crippen molar-refractivity contribution in [2.24, 2.45) is 5.92 Å². The van der Waals surface area contributed by atoms with E-state index in [0.29, 0.717) is 19.6 Å². The van der Waals surface area contributed by atoms with Crippen molar-refractivity contribution in [1.29, 1.82) is 0 Å². The van der Waals surface area contributed by atoms with Crippen molar-refractivity contribution in [2.75, 3.05) is 19.7 Å². The molecule has 0 aromatic heterocycles. The number of amides is 1. The summed E-state index contributed by atoms with van der Waals surface area (Å²) in [6, 6.07) is 0. The minimum absolute atomic E-state index is 0.106. The quantitative estimate of drug-likeness (QED) is 0.304. The molecule has 146 valence electrons.